The van der Waals surface area contributed by atoms with Crippen molar-refractivity contribution in [1.29, 1.82) is 0 Å². The molecule has 15 heavy (non-hydrogen) atoms. The van der Waals surface area contributed by atoms with Gasteiger partial charge in [-0.1, -0.05) is 24.3 Å². The maximum absolute atomic E-state index is 11.4. The third-order valence-electron chi connectivity index (χ3n) is 2.27. The van der Waals surface area contributed by atoms with Crippen molar-refractivity contribution >= 4 is 17.6 Å². The van der Waals surface area contributed by atoms with Crippen molar-refractivity contribution in [2.75, 3.05) is 6.61 Å². The summed E-state index contributed by atoms with van der Waals surface area (Å²) in [4.78, 5) is 11.4. The lowest BCUT2D eigenvalue weighted by Crippen LogP contribution is -2.12. The van der Waals surface area contributed by atoms with Crippen molar-refractivity contribution < 1.29 is 9.53 Å². The summed E-state index contributed by atoms with van der Waals surface area (Å²) in [6, 6.07) is 7.69. The lowest BCUT2D eigenvalue weighted by atomic mass is 10.0. The number of halogens is 1. The molecule has 0 saturated carbocycles. The largest absolute Gasteiger partial charge is 0.466 e. The fourth-order valence-electron chi connectivity index (χ4n) is 1.30. The number of ether oxygens (including phenoxy) is 1. The quantitative estimate of drug-likeness (QED) is 0.583. The second kappa shape index (κ2) is 5.76. The van der Waals surface area contributed by atoms with Crippen molar-refractivity contribution in [2.45, 2.75) is 25.6 Å². The Morgan fingerprint density at radius 1 is 1.40 bits per heavy atom. The van der Waals surface area contributed by atoms with E-state index in [0.29, 0.717) is 12.5 Å². The summed E-state index contributed by atoms with van der Waals surface area (Å²) in [5.41, 5.74) is 2.01. The molecule has 1 rings (SSSR count). The lowest BCUT2D eigenvalue weighted by molar-refractivity contribution is -0.144. The molecule has 0 unspecified atom stereocenters. The fraction of sp³-hybridized carbons (Fsp3) is 0.417. The molecule has 0 aromatic heterocycles. The summed E-state index contributed by atoms with van der Waals surface area (Å²) in [5, 5.41) is 0. The van der Waals surface area contributed by atoms with Crippen LogP contribution in [0.4, 0.5) is 0 Å². The number of esters is 1. The van der Waals surface area contributed by atoms with E-state index >= 15 is 0 Å². The predicted octanol–water partition coefficient (Wildman–Crippen LogP) is 3.09. The molecular weight excluding hydrogens is 212 g/mol. The molecule has 0 aliphatic rings. The molecule has 1 aromatic carbocycles. The number of carbonyl (C=O) groups excluding carboxylic acids is 1. The van der Waals surface area contributed by atoms with Crippen LogP contribution in [0.5, 0.6) is 0 Å². The van der Waals surface area contributed by atoms with Gasteiger partial charge in [0.25, 0.3) is 0 Å². The van der Waals surface area contributed by atoms with Gasteiger partial charge in [-0.05, 0) is 25.0 Å². The number of hydrogen-bond donors (Lipinski definition) is 0. The Morgan fingerprint density at radius 3 is 2.47 bits per heavy atom. The average Bonchev–Trinajstić information content (AvgIpc) is 2.28. The minimum atomic E-state index is -0.214. The molecule has 0 bridgehead atoms. The predicted molar refractivity (Wildman–Crippen MR) is 61.0 cm³/mol. The van der Waals surface area contributed by atoms with E-state index in [-0.39, 0.29) is 11.9 Å². The lowest BCUT2D eigenvalue weighted by Gasteiger charge is -2.10. The first-order valence-electron chi connectivity index (χ1n) is 5.00. The van der Waals surface area contributed by atoms with Crippen molar-refractivity contribution in [3.63, 3.8) is 0 Å². The van der Waals surface area contributed by atoms with Crippen LogP contribution in [-0.4, -0.2) is 12.6 Å². The zero-order chi connectivity index (χ0) is 11.3. The van der Waals surface area contributed by atoms with E-state index in [2.05, 4.69) is 0 Å². The van der Waals surface area contributed by atoms with Crippen molar-refractivity contribution in [3.05, 3.63) is 35.4 Å². The van der Waals surface area contributed by atoms with Crippen LogP contribution in [0, 0.1) is 0 Å². The summed E-state index contributed by atoms with van der Waals surface area (Å²) < 4.78 is 4.95. The van der Waals surface area contributed by atoms with Gasteiger partial charge in [0.05, 0.1) is 12.5 Å². The molecule has 0 spiro atoms. The van der Waals surface area contributed by atoms with Crippen LogP contribution in [0.1, 0.15) is 30.9 Å². The van der Waals surface area contributed by atoms with Gasteiger partial charge in [0.2, 0.25) is 0 Å². The van der Waals surface area contributed by atoms with Crippen LogP contribution >= 0.6 is 11.6 Å². The van der Waals surface area contributed by atoms with Crippen LogP contribution in [-0.2, 0) is 15.4 Å². The molecule has 0 fully saturated rings. The summed E-state index contributed by atoms with van der Waals surface area (Å²) in [5.74, 6) is 0.0964. The highest BCUT2D eigenvalue weighted by Crippen LogP contribution is 2.18. The molecule has 0 amide bonds. The number of benzene rings is 1. The van der Waals surface area contributed by atoms with Crippen LogP contribution in [0.25, 0.3) is 0 Å². The van der Waals surface area contributed by atoms with Gasteiger partial charge in [-0.3, -0.25) is 4.79 Å². The number of hydrogen-bond acceptors (Lipinski definition) is 2. The molecule has 0 heterocycles. The normalized spacial score (nSPS) is 12.2. The molecule has 0 radical (unpaired) electrons. The van der Waals surface area contributed by atoms with Gasteiger partial charge in [-0.15, -0.1) is 11.6 Å². The number of alkyl halides is 1. The summed E-state index contributed by atoms with van der Waals surface area (Å²) in [6.07, 6.45) is 0. The van der Waals surface area contributed by atoms with E-state index in [1.54, 1.807) is 6.92 Å². The monoisotopic (exact) mass is 226 g/mol. The van der Waals surface area contributed by atoms with Crippen molar-refractivity contribution in [1.82, 2.24) is 0 Å². The molecule has 0 saturated heterocycles. The number of carbonyl (C=O) groups is 1. The van der Waals surface area contributed by atoms with Crippen LogP contribution in [0.3, 0.4) is 0 Å². The van der Waals surface area contributed by atoms with Gasteiger partial charge < -0.3 is 4.74 Å². The average molecular weight is 227 g/mol. The second-order valence-electron chi connectivity index (χ2n) is 3.35. The Bertz CT molecular complexity index is 319. The van der Waals surface area contributed by atoms with E-state index in [4.69, 9.17) is 16.3 Å². The van der Waals surface area contributed by atoms with Gasteiger partial charge >= 0.3 is 5.97 Å². The molecule has 1 aromatic rings. The van der Waals surface area contributed by atoms with Gasteiger partial charge in [0.1, 0.15) is 0 Å². The van der Waals surface area contributed by atoms with Gasteiger partial charge in [0, 0.05) is 5.88 Å². The topological polar surface area (TPSA) is 26.3 Å². The highest BCUT2D eigenvalue weighted by atomic mass is 35.5. The zero-order valence-electron chi connectivity index (χ0n) is 9.00. The molecule has 82 valence electrons. The SMILES string of the molecule is CCOC(=O)[C@H](C)c1ccc(CCl)cc1. The van der Waals surface area contributed by atoms with E-state index in [1.165, 1.54) is 0 Å². The first-order chi connectivity index (χ1) is 7.19. The van der Waals surface area contributed by atoms with Gasteiger partial charge in [-0.2, -0.15) is 0 Å². The molecule has 0 aliphatic carbocycles. The molecule has 3 heteroatoms. The van der Waals surface area contributed by atoms with E-state index in [1.807, 2.05) is 31.2 Å². The Labute approximate surface area is 95.2 Å². The number of rotatable bonds is 4. The Kier molecular flexibility index (Phi) is 4.63. The van der Waals surface area contributed by atoms with E-state index in [9.17, 15) is 4.79 Å². The minimum absolute atomic E-state index is 0.184. The zero-order valence-corrected chi connectivity index (χ0v) is 9.75. The summed E-state index contributed by atoms with van der Waals surface area (Å²) >= 11 is 5.68. The molecule has 2 nitrogen and oxygen atoms in total. The second-order valence-corrected chi connectivity index (χ2v) is 3.62. The highest BCUT2D eigenvalue weighted by molar-refractivity contribution is 6.17. The summed E-state index contributed by atoms with van der Waals surface area (Å²) in [6.45, 7) is 4.07. The van der Waals surface area contributed by atoms with Gasteiger partial charge in [0.15, 0.2) is 0 Å². The van der Waals surface area contributed by atoms with Crippen LogP contribution < -0.4 is 0 Å². The van der Waals surface area contributed by atoms with Crippen LogP contribution in [0.15, 0.2) is 24.3 Å². The Morgan fingerprint density at radius 2 is 2.00 bits per heavy atom. The smallest absolute Gasteiger partial charge is 0.313 e. The first-order valence-corrected chi connectivity index (χ1v) is 5.54. The minimum Gasteiger partial charge on any atom is -0.466 e. The molecule has 0 aliphatic heterocycles. The first kappa shape index (κ1) is 12.1. The van der Waals surface area contributed by atoms with E-state index < -0.39 is 0 Å². The standard InChI is InChI=1S/C12H15ClO2/c1-3-15-12(14)9(2)11-6-4-10(8-13)5-7-11/h4-7,9H,3,8H2,1-2H3/t9-/m1/s1. The Balaban J connectivity index is 2.73. The summed E-state index contributed by atoms with van der Waals surface area (Å²) in [7, 11) is 0. The maximum atomic E-state index is 11.4. The third kappa shape index (κ3) is 3.24. The van der Waals surface area contributed by atoms with Crippen molar-refractivity contribution in [2.24, 2.45) is 0 Å². The fourth-order valence-corrected chi connectivity index (χ4v) is 1.48. The maximum Gasteiger partial charge on any atom is 0.313 e. The molecule has 1 atom stereocenters. The molecule has 0 N–H and O–H groups in total. The van der Waals surface area contributed by atoms with Crippen LogP contribution in [0.2, 0.25) is 0 Å². The Hall–Kier alpha value is -1.02. The van der Waals surface area contributed by atoms with Gasteiger partial charge in [-0.25, -0.2) is 0 Å². The molecular formula is C12H15ClO2. The highest BCUT2D eigenvalue weighted by Gasteiger charge is 2.15. The van der Waals surface area contributed by atoms with E-state index in [0.717, 1.165) is 11.1 Å². The van der Waals surface area contributed by atoms with Crippen molar-refractivity contribution in [3.8, 4) is 0 Å². The third-order valence-corrected chi connectivity index (χ3v) is 2.58.